The van der Waals surface area contributed by atoms with Crippen LogP contribution in [0.5, 0.6) is 5.75 Å². The predicted octanol–water partition coefficient (Wildman–Crippen LogP) is 1.77. The lowest BCUT2D eigenvalue weighted by atomic mass is 10.1. The lowest BCUT2D eigenvalue weighted by Gasteiger charge is -2.26. The Balaban J connectivity index is 2.22. The summed E-state index contributed by atoms with van der Waals surface area (Å²) in [4.78, 5) is 22.3. The van der Waals surface area contributed by atoms with Gasteiger partial charge in [-0.2, -0.15) is 0 Å². The molecule has 1 unspecified atom stereocenters. The number of ether oxygens (including phenoxy) is 2. The summed E-state index contributed by atoms with van der Waals surface area (Å²) in [6.07, 6.45) is -1.57. The summed E-state index contributed by atoms with van der Waals surface area (Å²) in [6.45, 7) is 7.81. The molecule has 1 heterocycles. The largest absolute Gasteiger partial charge is 0.485 e. The van der Waals surface area contributed by atoms with Crippen LogP contribution < -0.4 is 10.1 Å². The molecule has 0 radical (unpaired) electrons. The lowest BCUT2D eigenvalue weighted by molar-refractivity contribution is -0.385. The molecule has 2 rings (SSSR count). The second-order valence-corrected chi connectivity index (χ2v) is 7.47. The molecule has 0 saturated heterocycles. The minimum atomic E-state index is -1.57. The number of carbonyl (C=O) groups is 1. The molecule has 2 atom stereocenters. The summed E-state index contributed by atoms with van der Waals surface area (Å²) < 4.78 is 15.9. The van der Waals surface area contributed by atoms with E-state index in [9.17, 15) is 25.1 Å². The van der Waals surface area contributed by atoms with Crippen LogP contribution in [-0.4, -0.2) is 56.0 Å². The van der Waals surface area contributed by atoms with Crippen molar-refractivity contribution in [3.63, 3.8) is 0 Å². The number of nitrogens with one attached hydrogen (secondary N) is 1. The topological polar surface area (TPSA) is 170 Å². The molecule has 2 aromatic rings. The third-order valence-corrected chi connectivity index (χ3v) is 3.77. The highest BCUT2D eigenvalue weighted by Crippen LogP contribution is 2.35. The van der Waals surface area contributed by atoms with Gasteiger partial charge in [-0.25, -0.2) is 0 Å². The summed E-state index contributed by atoms with van der Waals surface area (Å²) in [7, 11) is 0. The van der Waals surface area contributed by atoms with Crippen LogP contribution >= 0.6 is 0 Å². The van der Waals surface area contributed by atoms with Crippen LogP contribution in [0.2, 0.25) is 0 Å². The number of nitro benzene ring substituents is 1. The molecular formula is C18H24N4O8. The van der Waals surface area contributed by atoms with Crippen LogP contribution in [-0.2, 0) is 9.53 Å². The van der Waals surface area contributed by atoms with Gasteiger partial charge in [0.25, 0.3) is 0 Å². The van der Waals surface area contributed by atoms with Crippen molar-refractivity contribution in [3.8, 4) is 17.2 Å². The molecule has 164 valence electrons. The third kappa shape index (κ3) is 6.20. The van der Waals surface area contributed by atoms with E-state index in [4.69, 9.17) is 13.9 Å². The monoisotopic (exact) mass is 424 g/mol. The maximum atomic E-state index is 11.5. The Kier molecular flexibility index (Phi) is 7.08. The van der Waals surface area contributed by atoms with Crippen molar-refractivity contribution in [3.05, 3.63) is 33.7 Å². The number of aliphatic hydroxyl groups is 1. The molecule has 0 aliphatic heterocycles. The van der Waals surface area contributed by atoms with Crippen LogP contribution in [0, 0.1) is 24.0 Å². The van der Waals surface area contributed by atoms with Crippen LogP contribution in [0.15, 0.2) is 16.5 Å². The number of aryl methyl sites for hydroxylation is 2. The van der Waals surface area contributed by atoms with Gasteiger partial charge in [0.15, 0.2) is 5.75 Å². The number of nitro groups is 1. The molecule has 1 aromatic carbocycles. The zero-order valence-corrected chi connectivity index (χ0v) is 17.2. The Morgan fingerprint density at radius 1 is 1.33 bits per heavy atom. The van der Waals surface area contributed by atoms with Gasteiger partial charge in [0.1, 0.15) is 12.6 Å². The first-order chi connectivity index (χ1) is 13.9. The van der Waals surface area contributed by atoms with E-state index in [0.717, 1.165) is 0 Å². The molecule has 30 heavy (non-hydrogen) atoms. The minimum Gasteiger partial charge on any atom is -0.485 e. The molecule has 1 aromatic heterocycles. The van der Waals surface area contributed by atoms with Gasteiger partial charge in [0.2, 0.25) is 18.2 Å². The quantitative estimate of drug-likeness (QED) is 0.304. The summed E-state index contributed by atoms with van der Waals surface area (Å²) in [5, 5.41) is 40.6. The highest BCUT2D eigenvalue weighted by atomic mass is 16.6. The number of benzene rings is 1. The van der Waals surface area contributed by atoms with Crippen molar-refractivity contribution in [2.24, 2.45) is 0 Å². The molecule has 0 saturated carbocycles. The van der Waals surface area contributed by atoms with Crippen LogP contribution in [0.3, 0.4) is 0 Å². The van der Waals surface area contributed by atoms with Crippen LogP contribution in [0.4, 0.5) is 5.69 Å². The minimum absolute atomic E-state index is 0.118. The molecule has 12 heteroatoms. The van der Waals surface area contributed by atoms with E-state index in [1.54, 1.807) is 34.6 Å². The van der Waals surface area contributed by atoms with Crippen molar-refractivity contribution in [2.75, 3.05) is 6.61 Å². The van der Waals surface area contributed by atoms with Gasteiger partial charge in [-0.15, -0.1) is 10.2 Å². The normalized spacial score (nSPS) is 13.7. The van der Waals surface area contributed by atoms with Crippen molar-refractivity contribution < 1.29 is 33.8 Å². The van der Waals surface area contributed by atoms with Gasteiger partial charge >= 0.3 is 11.7 Å². The van der Waals surface area contributed by atoms with E-state index in [1.165, 1.54) is 12.1 Å². The number of nitrogens with zero attached hydrogens (tertiary/aromatic N) is 3. The number of aromatic nitrogens is 2. The van der Waals surface area contributed by atoms with E-state index >= 15 is 0 Å². The van der Waals surface area contributed by atoms with Crippen molar-refractivity contribution in [1.29, 1.82) is 0 Å². The van der Waals surface area contributed by atoms with Gasteiger partial charge in [-0.3, -0.25) is 20.2 Å². The highest BCUT2D eigenvalue weighted by molar-refractivity contribution is 5.73. The Morgan fingerprint density at radius 3 is 2.50 bits per heavy atom. The predicted molar refractivity (Wildman–Crippen MR) is 103 cm³/mol. The Bertz CT molecular complexity index is 921. The highest BCUT2D eigenvalue weighted by Gasteiger charge is 2.27. The molecule has 0 aliphatic rings. The van der Waals surface area contributed by atoms with Crippen molar-refractivity contribution in [1.82, 2.24) is 15.5 Å². The Morgan fingerprint density at radius 2 is 2.00 bits per heavy atom. The maximum Gasteiger partial charge on any atom is 0.324 e. The number of carboxylic acids is 1. The first kappa shape index (κ1) is 23.2. The summed E-state index contributed by atoms with van der Waals surface area (Å²) in [5.74, 6) is -1.05. The molecule has 12 nitrogen and oxygen atoms in total. The fourth-order valence-corrected chi connectivity index (χ4v) is 2.47. The zero-order chi connectivity index (χ0) is 22.6. The summed E-state index contributed by atoms with van der Waals surface area (Å²) in [5.41, 5.74) is -0.219. The van der Waals surface area contributed by atoms with Gasteiger partial charge in [-0.05, 0) is 39.3 Å². The van der Waals surface area contributed by atoms with Crippen molar-refractivity contribution in [2.45, 2.75) is 52.7 Å². The van der Waals surface area contributed by atoms with E-state index < -0.39 is 41.2 Å². The first-order valence-electron chi connectivity index (χ1n) is 8.94. The second kappa shape index (κ2) is 9.15. The van der Waals surface area contributed by atoms with Gasteiger partial charge in [0, 0.05) is 18.6 Å². The van der Waals surface area contributed by atoms with E-state index in [-0.39, 0.29) is 11.6 Å². The zero-order valence-electron chi connectivity index (χ0n) is 17.2. The lowest BCUT2D eigenvalue weighted by Crippen LogP contribution is -2.49. The van der Waals surface area contributed by atoms with Gasteiger partial charge in [-0.1, -0.05) is 0 Å². The Hall–Kier alpha value is -3.09. The molecule has 0 aliphatic carbocycles. The maximum absolute atomic E-state index is 11.5. The fraction of sp³-hybridized carbons (Fsp3) is 0.500. The fourth-order valence-electron chi connectivity index (χ4n) is 2.47. The molecule has 0 spiro atoms. The number of hydrogen-bond donors (Lipinski definition) is 3. The first-order valence-corrected chi connectivity index (χ1v) is 8.94. The van der Waals surface area contributed by atoms with Crippen LogP contribution in [0.1, 0.15) is 32.2 Å². The number of carboxylic acid groups (broad SMARTS) is 1. The van der Waals surface area contributed by atoms with Gasteiger partial charge in [0.05, 0.1) is 10.5 Å². The van der Waals surface area contributed by atoms with E-state index in [0.29, 0.717) is 17.0 Å². The molecule has 0 fully saturated rings. The van der Waals surface area contributed by atoms with Gasteiger partial charge < -0.3 is 24.1 Å². The number of aliphatic hydroxyl groups excluding tert-OH is 1. The van der Waals surface area contributed by atoms with Crippen molar-refractivity contribution >= 4 is 11.7 Å². The number of aliphatic carboxylic acids is 1. The standard InChI is InChI=1S/C18H24N4O8/c1-9-6-14(13(22(26)27)7-11(9)15-21-20-10(2)29-15)28-8-12(16(23)24)19-17(25)30-18(3,4)5/h6-7,12,17,19,25H,8H2,1-5H3,(H,23,24)/t12-,17?/m0/s1. The third-order valence-electron chi connectivity index (χ3n) is 3.77. The molecule has 0 amide bonds. The van der Waals surface area contributed by atoms with E-state index in [1.807, 2.05) is 0 Å². The average molecular weight is 424 g/mol. The number of rotatable bonds is 9. The summed E-state index contributed by atoms with van der Waals surface area (Å²) >= 11 is 0. The Labute approximate surface area is 172 Å². The average Bonchev–Trinajstić information content (AvgIpc) is 3.02. The van der Waals surface area contributed by atoms with E-state index in [2.05, 4.69) is 15.5 Å². The summed E-state index contributed by atoms with van der Waals surface area (Å²) in [6, 6.07) is 1.22. The molecule has 0 bridgehead atoms. The smallest absolute Gasteiger partial charge is 0.324 e. The SMILES string of the molecule is Cc1nnc(-c2cc([N+](=O)[O-])c(OC[C@H](NC(O)OC(C)(C)C)C(=O)O)cc2C)o1. The number of hydrogen-bond acceptors (Lipinski definition) is 10. The molecule has 3 N–H and O–H groups in total. The molecular weight excluding hydrogens is 400 g/mol. The second-order valence-electron chi connectivity index (χ2n) is 7.47. The van der Waals surface area contributed by atoms with Crippen LogP contribution in [0.25, 0.3) is 11.5 Å².